The van der Waals surface area contributed by atoms with Crippen LogP contribution in [0.15, 0.2) is 90.1 Å². The zero-order chi connectivity index (χ0) is 28.9. The SMILES string of the molecule is CCN(C(=O)OCc1ccccc1)c1nc2n(n1)[C@H](c1ccc(C#N)cc1)C(C#N)=C(C)N2c1cccc(CF)c1. The molecule has 5 rings (SSSR count). The molecule has 0 bridgehead atoms. The molecule has 41 heavy (non-hydrogen) atoms. The molecule has 1 atom stereocenters. The molecule has 4 aromatic rings. The summed E-state index contributed by atoms with van der Waals surface area (Å²) in [5, 5.41) is 24.3. The lowest BCUT2D eigenvalue weighted by molar-refractivity contribution is 0.147. The van der Waals surface area contributed by atoms with Crippen molar-refractivity contribution in [2.75, 3.05) is 16.3 Å². The monoisotopic (exact) mass is 547 g/mol. The van der Waals surface area contributed by atoms with Crippen LogP contribution in [-0.2, 0) is 18.0 Å². The first-order chi connectivity index (χ1) is 20.0. The van der Waals surface area contributed by atoms with Crippen molar-refractivity contribution in [2.45, 2.75) is 33.2 Å². The molecule has 1 amide bonds. The van der Waals surface area contributed by atoms with Crippen molar-refractivity contribution in [1.82, 2.24) is 14.8 Å². The Balaban J connectivity index is 1.61. The Labute approximate surface area is 236 Å². The number of ether oxygens (including phenoxy) is 1. The van der Waals surface area contributed by atoms with Gasteiger partial charge in [0, 0.05) is 17.9 Å². The molecule has 10 heteroatoms. The van der Waals surface area contributed by atoms with Crippen molar-refractivity contribution < 1.29 is 13.9 Å². The van der Waals surface area contributed by atoms with Gasteiger partial charge in [0.2, 0.25) is 5.95 Å². The first kappa shape index (κ1) is 27.1. The van der Waals surface area contributed by atoms with E-state index >= 15 is 0 Å². The van der Waals surface area contributed by atoms with Crippen LogP contribution in [0.4, 0.5) is 26.8 Å². The van der Waals surface area contributed by atoms with Gasteiger partial charge in [0.25, 0.3) is 5.95 Å². The number of hydrogen-bond donors (Lipinski definition) is 0. The fourth-order valence-electron chi connectivity index (χ4n) is 4.76. The molecular formula is C31H26FN7O2. The highest BCUT2D eigenvalue weighted by Crippen LogP contribution is 2.42. The summed E-state index contributed by atoms with van der Waals surface area (Å²) in [5.41, 5.74) is 4.06. The molecule has 1 aromatic heterocycles. The molecule has 204 valence electrons. The van der Waals surface area contributed by atoms with Crippen LogP contribution in [0.2, 0.25) is 0 Å². The highest BCUT2D eigenvalue weighted by Gasteiger charge is 2.37. The maximum atomic E-state index is 13.6. The number of allylic oxidation sites excluding steroid dienone is 2. The van der Waals surface area contributed by atoms with E-state index in [0.717, 1.165) is 5.56 Å². The number of alkyl halides is 1. The Kier molecular flexibility index (Phi) is 7.75. The number of nitriles is 2. The summed E-state index contributed by atoms with van der Waals surface area (Å²) < 4.78 is 20.7. The van der Waals surface area contributed by atoms with Gasteiger partial charge in [-0.25, -0.2) is 18.8 Å². The summed E-state index contributed by atoms with van der Waals surface area (Å²) >= 11 is 0. The summed E-state index contributed by atoms with van der Waals surface area (Å²) in [5.74, 6) is 0.439. The first-order valence-corrected chi connectivity index (χ1v) is 13.0. The van der Waals surface area contributed by atoms with Gasteiger partial charge in [-0.2, -0.15) is 15.5 Å². The Hall–Kier alpha value is -5.48. The zero-order valence-corrected chi connectivity index (χ0v) is 22.5. The van der Waals surface area contributed by atoms with Crippen LogP contribution in [0.1, 0.15) is 42.1 Å². The first-order valence-electron chi connectivity index (χ1n) is 13.0. The van der Waals surface area contributed by atoms with Crippen LogP contribution in [0, 0.1) is 22.7 Å². The molecule has 0 unspecified atom stereocenters. The summed E-state index contributed by atoms with van der Waals surface area (Å²) in [6.45, 7) is 3.24. The fourth-order valence-corrected chi connectivity index (χ4v) is 4.76. The third-order valence-corrected chi connectivity index (χ3v) is 6.83. The third kappa shape index (κ3) is 5.23. The van der Waals surface area contributed by atoms with Crippen LogP contribution < -0.4 is 9.80 Å². The van der Waals surface area contributed by atoms with E-state index in [-0.39, 0.29) is 19.1 Å². The number of halogens is 1. The summed E-state index contributed by atoms with van der Waals surface area (Å²) in [4.78, 5) is 21.0. The van der Waals surface area contributed by atoms with Gasteiger partial charge in [-0.1, -0.05) is 54.6 Å². The van der Waals surface area contributed by atoms with Gasteiger partial charge in [-0.05, 0) is 54.8 Å². The van der Waals surface area contributed by atoms with E-state index in [4.69, 9.17) is 14.8 Å². The zero-order valence-electron chi connectivity index (χ0n) is 22.5. The fraction of sp³-hybridized carbons (Fsp3) is 0.194. The summed E-state index contributed by atoms with van der Waals surface area (Å²) in [6.07, 6.45) is -0.620. The van der Waals surface area contributed by atoms with Gasteiger partial charge < -0.3 is 4.74 Å². The minimum atomic E-state index is -0.677. The van der Waals surface area contributed by atoms with Crippen molar-refractivity contribution in [3.8, 4) is 12.1 Å². The lowest BCUT2D eigenvalue weighted by Gasteiger charge is -2.34. The van der Waals surface area contributed by atoms with Gasteiger partial charge in [0.15, 0.2) is 0 Å². The second kappa shape index (κ2) is 11.7. The number of hydrogen-bond acceptors (Lipinski definition) is 7. The normalized spacial score (nSPS) is 14.2. The highest BCUT2D eigenvalue weighted by molar-refractivity contribution is 5.85. The number of carbonyl (C=O) groups is 1. The van der Waals surface area contributed by atoms with E-state index in [9.17, 15) is 19.7 Å². The number of fused-ring (bicyclic) bond motifs is 1. The Bertz CT molecular complexity index is 1680. The number of anilines is 3. The standard InChI is InChI=1S/C31H26FN7O2/c1-3-37(31(40)41-20-23-8-5-4-6-9-23)29-35-30-38(26-11-7-10-24(16-26)17-32)21(2)27(19-34)28(39(30)36-29)25-14-12-22(18-33)13-15-25/h4-16,28H,3,17,20H2,1-2H3/t28-/m1/s1. The van der Waals surface area contributed by atoms with Crippen molar-refractivity contribution >= 4 is 23.7 Å². The maximum Gasteiger partial charge on any atom is 0.417 e. The summed E-state index contributed by atoms with van der Waals surface area (Å²) in [7, 11) is 0. The van der Waals surface area contributed by atoms with Gasteiger partial charge >= 0.3 is 6.09 Å². The molecule has 1 aliphatic rings. The molecule has 0 saturated carbocycles. The number of benzene rings is 3. The van der Waals surface area contributed by atoms with E-state index in [1.165, 1.54) is 4.90 Å². The minimum absolute atomic E-state index is 0.0823. The Morgan fingerprint density at radius 2 is 1.76 bits per heavy atom. The molecule has 0 N–H and O–H groups in total. The van der Waals surface area contributed by atoms with Crippen molar-refractivity contribution in [3.63, 3.8) is 0 Å². The van der Waals surface area contributed by atoms with Gasteiger partial charge in [-0.15, -0.1) is 5.10 Å². The molecule has 0 radical (unpaired) electrons. The van der Waals surface area contributed by atoms with E-state index in [2.05, 4.69) is 12.1 Å². The predicted octanol–water partition coefficient (Wildman–Crippen LogP) is 6.32. The number of carbonyl (C=O) groups excluding carboxylic acids is 1. The molecule has 9 nitrogen and oxygen atoms in total. The van der Waals surface area contributed by atoms with E-state index in [1.807, 2.05) is 30.3 Å². The second-order valence-electron chi connectivity index (χ2n) is 9.33. The number of nitrogens with zero attached hydrogens (tertiary/aromatic N) is 7. The molecule has 0 saturated heterocycles. The van der Waals surface area contributed by atoms with Crippen LogP contribution >= 0.6 is 0 Å². The highest BCUT2D eigenvalue weighted by atomic mass is 19.1. The molecule has 1 aliphatic heterocycles. The molecule has 0 spiro atoms. The van der Waals surface area contributed by atoms with Crippen molar-refractivity contribution in [1.29, 1.82) is 10.5 Å². The van der Waals surface area contributed by atoms with Gasteiger partial charge in [-0.3, -0.25) is 4.90 Å². The van der Waals surface area contributed by atoms with E-state index in [0.29, 0.717) is 39.6 Å². The van der Waals surface area contributed by atoms with Crippen molar-refractivity contribution in [2.24, 2.45) is 0 Å². The minimum Gasteiger partial charge on any atom is -0.444 e. The smallest absolute Gasteiger partial charge is 0.417 e. The largest absolute Gasteiger partial charge is 0.444 e. The van der Waals surface area contributed by atoms with E-state index in [1.54, 1.807) is 72.0 Å². The average Bonchev–Trinajstić information content (AvgIpc) is 3.44. The Morgan fingerprint density at radius 1 is 1.02 bits per heavy atom. The number of aromatic nitrogens is 3. The number of amides is 1. The lowest BCUT2D eigenvalue weighted by atomic mass is 9.95. The quantitative estimate of drug-likeness (QED) is 0.266. The molecule has 0 aliphatic carbocycles. The van der Waals surface area contributed by atoms with Crippen molar-refractivity contribution in [3.05, 3.63) is 112 Å². The Morgan fingerprint density at radius 3 is 2.41 bits per heavy atom. The topological polar surface area (TPSA) is 111 Å². The van der Waals surface area contributed by atoms with Gasteiger partial charge in [0.1, 0.15) is 19.3 Å². The van der Waals surface area contributed by atoms with Crippen LogP contribution in [0.25, 0.3) is 0 Å². The number of rotatable bonds is 7. The second-order valence-corrected chi connectivity index (χ2v) is 9.33. The average molecular weight is 548 g/mol. The molecular weight excluding hydrogens is 521 g/mol. The van der Waals surface area contributed by atoms with Crippen LogP contribution in [-0.4, -0.2) is 27.4 Å². The van der Waals surface area contributed by atoms with Crippen LogP contribution in [0.3, 0.4) is 0 Å². The predicted molar refractivity (Wildman–Crippen MR) is 151 cm³/mol. The van der Waals surface area contributed by atoms with Crippen LogP contribution in [0.5, 0.6) is 0 Å². The van der Waals surface area contributed by atoms with Gasteiger partial charge in [0.05, 0.1) is 23.3 Å². The maximum absolute atomic E-state index is 13.6. The molecule has 0 fully saturated rings. The lowest BCUT2D eigenvalue weighted by Crippen LogP contribution is -2.32. The van der Waals surface area contributed by atoms with E-state index < -0.39 is 18.8 Å². The molecule has 3 aromatic carbocycles. The third-order valence-electron chi connectivity index (χ3n) is 6.83. The molecule has 2 heterocycles. The summed E-state index contributed by atoms with van der Waals surface area (Å²) in [6, 6.07) is 26.9.